The SMILES string of the molecule is CSCCCCCCCCCCC(=O)O.O=C(O)CCCCCCCCCCS. The number of thiol groups is 1. The Labute approximate surface area is 189 Å². The summed E-state index contributed by atoms with van der Waals surface area (Å²) in [5, 5.41) is 16.8. The van der Waals surface area contributed by atoms with E-state index in [1.54, 1.807) is 0 Å². The van der Waals surface area contributed by atoms with Crippen LogP contribution >= 0.6 is 24.4 Å². The Morgan fingerprint density at radius 3 is 1.21 bits per heavy atom. The Hall–Kier alpha value is -0.360. The normalized spacial score (nSPS) is 10.4. The van der Waals surface area contributed by atoms with Crippen molar-refractivity contribution < 1.29 is 19.8 Å². The Bertz CT molecular complexity index is 352. The molecule has 6 heteroatoms. The molecule has 0 spiro atoms. The van der Waals surface area contributed by atoms with Crippen LogP contribution in [0.2, 0.25) is 0 Å². The van der Waals surface area contributed by atoms with Gasteiger partial charge in [-0.05, 0) is 43.4 Å². The minimum absolute atomic E-state index is 0.333. The highest BCUT2D eigenvalue weighted by atomic mass is 32.2. The maximum atomic E-state index is 10.2. The molecule has 0 amide bonds. The highest BCUT2D eigenvalue weighted by Crippen LogP contribution is 2.11. The molecule has 0 bridgehead atoms. The molecule has 29 heavy (non-hydrogen) atoms. The first-order chi connectivity index (χ1) is 14.0. The molecule has 0 rings (SSSR count). The molecule has 0 aromatic rings. The summed E-state index contributed by atoms with van der Waals surface area (Å²) in [7, 11) is 0. The van der Waals surface area contributed by atoms with Crippen LogP contribution in [-0.4, -0.2) is 39.9 Å². The summed E-state index contributed by atoms with van der Waals surface area (Å²) in [6.45, 7) is 0. The van der Waals surface area contributed by atoms with E-state index in [2.05, 4.69) is 18.9 Å². The third kappa shape index (κ3) is 35.5. The van der Waals surface area contributed by atoms with Crippen molar-refractivity contribution >= 4 is 36.3 Å². The van der Waals surface area contributed by atoms with Gasteiger partial charge in [0.25, 0.3) is 0 Å². The molecule has 0 heterocycles. The van der Waals surface area contributed by atoms with Crippen LogP contribution in [0.3, 0.4) is 0 Å². The molecule has 0 saturated carbocycles. The molecule has 0 saturated heterocycles. The minimum Gasteiger partial charge on any atom is -0.481 e. The van der Waals surface area contributed by atoms with Crippen LogP contribution in [0, 0.1) is 0 Å². The average Bonchev–Trinajstić information content (AvgIpc) is 2.68. The lowest BCUT2D eigenvalue weighted by molar-refractivity contribution is -0.138. The van der Waals surface area contributed by atoms with E-state index >= 15 is 0 Å². The van der Waals surface area contributed by atoms with E-state index in [-0.39, 0.29) is 0 Å². The van der Waals surface area contributed by atoms with Crippen LogP contribution in [0.4, 0.5) is 0 Å². The van der Waals surface area contributed by atoms with Gasteiger partial charge in [-0.25, -0.2) is 0 Å². The van der Waals surface area contributed by atoms with Crippen LogP contribution in [0.25, 0.3) is 0 Å². The maximum Gasteiger partial charge on any atom is 0.303 e. The number of hydrogen-bond acceptors (Lipinski definition) is 4. The highest BCUT2D eigenvalue weighted by Gasteiger charge is 1.97. The zero-order valence-corrected chi connectivity index (χ0v) is 20.4. The lowest BCUT2D eigenvalue weighted by atomic mass is 10.1. The number of rotatable bonds is 21. The van der Waals surface area contributed by atoms with Crippen molar-refractivity contribution in [2.24, 2.45) is 0 Å². The smallest absolute Gasteiger partial charge is 0.303 e. The predicted octanol–water partition coefficient (Wildman–Crippen LogP) is 7.46. The molecule has 0 radical (unpaired) electrons. The van der Waals surface area contributed by atoms with Crippen LogP contribution in [0.15, 0.2) is 0 Å². The molecule has 0 aliphatic rings. The molecular formula is C23H46O4S2. The first-order valence-corrected chi connectivity index (χ1v) is 13.6. The molecule has 0 aliphatic carbocycles. The second-order valence-electron chi connectivity index (χ2n) is 7.66. The largest absolute Gasteiger partial charge is 0.481 e. The molecule has 0 aromatic heterocycles. The van der Waals surface area contributed by atoms with Crippen molar-refractivity contribution in [1.29, 1.82) is 0 Å². The summed E-state index contributed by atoms with van der Waals surface area (Å²) < 4.78 is 0. The van der Waals surface area contributed by atoms with Gasteiger partial charge in [0.15, 0.2) is 0 Å². The summed E-state index contributed by atoms with van der Waals surface area (Å²) in [6.07, 6.45) is 22.1. The second kappa shape index (κ2) is 27.6. The summed E-state index contributed by atoms with van der Waals surface area (Å²) >= 11 is 6.08. The van der Waals surface area contributed by atoms with Gasteiger partial charge in [-0.1, -0.05) is 77.0 Å². The fourth-order valence-electron chi connectivity index (χ4n) is 3.03. The number of carbonyl (C=O) groups is 2. The fourth-order valence-corrected chi connectivity index (χ4v) is 3.75. The van der Waals surface area contributed by atoms with E-state index in [1.807, 2.05) is 11.8 Å². The van der Waals surface area contributed by atoms with E-state index in [0.717, 1.165) is 31.4 Å². The molecule has 0 aromatic carbocycles. The summed E-state index contributed by atoms with van der Waals surface area (Å²) in [6, 6.07) is 0. The van der Waals surface area contributed by atoms with Crippen molar-refractivity contribution in [1.82, 2.24) is 0 Å². The van der Waals surface area contributed by atoms with Gasteiger partial charge in [-0.15, -0.1) is 0 Å². The molecule has 0 atom stereocenters. The van der Waals surface area contributed by atoms with E-state index < -0.39 is 11.9 Å². The highest BCUT2D eigenvalue weighted by molar-refractivity contribution is 7.98. The number of unbranched alkanes of at least 4 members (excludes halogenated alkanes) is 14. The molecule has 4 nitrogen and oxygen atoms in total. The summed E-state index contributed by atoms with van der Waals surface area (Å²) in [5.74, 6) is 0.961. The van der Waals surface area contributed by atoms with Crippen molar-refractivity contribution in [3.63, 3.8) is 0 Å². The zero-order valence-electron chi connectivity index (χ0n) is 18.7. The quantitative estimate of drug-likeness (QED) is 0.125. The van der Waals surface area contributed by atoms with Crippen molar-refractivity contribution in [3.05, 3.63) is 0 Å². The summed E-state index contributed by atoms with van der Waals surface area (Å²) in [5.41, 5.74) is 0. The van der Waals surface area contributed by atoms with E-state index in [9.17, 15) is 9.59 Å². The first-order valence-electron chi connectivity index (χ1n) is 11.6. The Morgan fingerprint density at radius 1 is 0.586 bits per heavy atom. The van der Waals surface area contributed by atoms with Gasteiger partial charge in [0.2, 0.25) is 0 Å². The fraction of sp³-hybridized carbons (Fsp3) is 0.913. The lowest BCUT2D eigenvalue weighted by Crippen LogP contribution is -1.93. The molecular weight excluding hydrogens is 404 g/mol. The minimum atomic E-state index is -0.668. The number of thioether (sulfide) groups is 1. The van der Waals surface area contributed by atoms with E-state index in [0.29, 0.717) is 12.8 Å². The van der Waals surface area contributed by atoms with Crippen molar-refractivity contribution in [2.75, 3.05) is 17.8 Å². The molecule has 0 fully saturated rings. The Balaban J connectivity index is 0. The monoisotopic (exact) mass is 450 g/mol. The van der Waals surface area contributed by atoms with Gasteiger partial charge in [0.1, 0.15) is 0 Å². The second-order valence-corrected chi connectivity index (χ2v) is 9.09. The standard InChI is InChI=1S/C12H24O2S.C11H22O2S/c1-15-11-9-7-5-3-2-4-6-8-10-12(13)14;12-11(13)9-7-5-3-1-2-4-6-8-10-14/h2-11H2,1H3,(H,13,14);14H,1-10H2,(H,12,13). The summed E-state index contributed by atoms with van der Waals surface area (Å²) in [4.78, 5) is 20.4. The van der Waals surface area contributed by atoms with E-state index in [1.165, 1.54) is 82.8 Å². The predicted molar refractivity (Wildman–Crippen MR) is 131 cm³/mol. The van der Waals surface area contributed by atoms with Crippen LogP contribution in [0.5, 0.6) is 0 Å². The van der Waals surface area contributed by atoms with Crippen LogP contribution in [-0.2, 0) is 9.59 Å². The third-order valence-electron chi connectivity index (χ3n) is 4.79. The van der Waals surface area contributed by atoms with Gasteiger partial charge in [-0.3, -0.25) is 9.59 Å². The van der Waals surface area contributed by atoms with Crippen molar-refractivity contribution in [2.45, 2.75) is 116 Å². The van der Waals surface area contributed by atoms with Crippen LogP contribution < -0.4 is 0 Å². The molecule has 0 unspecified atom stereocenters. The Morgan fingerprint density at radius 2 is 0.897 bits per heavy atom. The first kappa shape index (κ1) is 30.8. The average molecular weight is 451 g/mol. The lowest BCUT2D eigenvalue weighted by Gasteiger charge is -2.00. The van der Waals surface area contributed by atoms with Gasteiger partial charge in [0.05, 0.1) is 0 Å². The van der Waals surface area contributed by atoms with Crippen molar-refractivity contribution in [3.8, 4) is 0 Å². The molecule has 2 N–H and O–H groups in total. The van der Waals surface area contributed by atoms with Gasteiger partial charge in [0, 0.05) is 12.8 Å². The topological polar surface area (TPSA) is 74.6 Å². The van der Waals surface area contributed by atoms with Crippen LogP contribution in [0.1, 0.15) is 116 Å². The van der Waals surface area contributed by atoms with Gasteiger partial charge < -0.3 is 10.2 Å². The maximum absolute atomic E-state index is 10.2. The molecule has 0 aliphatic heterocycles. The third-order valence-corrected chi connectivity index (χ3v) is 5.80. The van der Waals surface area contributed by atoms with Gasteiger partial charge >= 0.3 is 11.9 Å². The molecule has 174 valence electrons. The van der Waals surface area contributed by atoms with Gasteiger partial charge in [-0.2, -0.15) is 24.4 Å². The zero-order chi connectivity index (χ0) is 22.0. The number of carboxylic acids is 2. The van der Waals surface area contributed by atoms with E-state index in [4.69, 9.17) is 10.2 Å². The number of hydrogen-bond donors (Lipinski definition) is 3. The number of aliphatic carboxylic acids is 2. The number of carboxylic acid groups (broad SMARTS) is 2. The Kier molecular flexibility index (Phi) is 29.4.